The summed E-state index contributed by atoms with van der Waals surface area (Å²) in [5, 5.41) is 20.3. The molecule has 5 nitrogen and oxygen atoms in total. The Bertz CT molecular complexity index is 669. The molecule has 1 aromatic rings. The van der Waals surface area contributed by atoms with E-state index in [2.05, 4.69) is 21.3 Å². The van der Waals surface area contributed by atoms with Gasteiger partial charge < -0.3 is 5.48 Å². The van der Waals surface area contributed by atoms with Gasteiger partial charge in [0.1, 0.15) is 0 Å². The molecule has 1 fully saturated rings. The normalized spacial score (nSPS) is 25.7. The smallest absolute Gasteiger partial charge is 0.870 e. The van der Waals surface area contributed by atoms with Gasteiger partial charge in [-0.2, -0.15) is 0 Å². The molecule has 28 heavy (non-hydrogen) atoms. The second-order valence-corrected chi connectivity index (χ2v) is 7.21. The summed E-state index contributed by atoms with van der Waals surface area (Å²) in [6, 6.07) is 9.56. The van der Waals surface area contributed by atoms with Crippen LogP contribution in [0.2, 0.25) is 0 Å². The molecular formula is C18H19F3NiO5S-2. The molecule has 0 saturated carbocycles. The maximum atomic E-state index is 12.2. The van der Waals surface area contributed by atoms with Crippen LogP contribution in [0, 0.1) is 6.26 Å². The molecule has 10 heteroatoms. The van der Waals surface area contributed by atoms with E-state index in [0.29, 0.717) is 5.75 Å². The van der Waals surface area contributed by atoms with Crippen LogP contribution in [0.1, 0.15) is 0 Å². The number of hydrogen-bond acceptors (Lipinski definition) is 6. The van der Waals surface area contributed by atoms with Gasteiger partial charge in [0.05, 0.1) is 0 Å². The zero-order chi connectivity index (χ0) is 19.9. The predicted molar refractivity (Wildman–Crippen MR) is 93.7 cm³/mol. The van der Waals surface area contributed by atoms with Gasteiger partial charge in [-0.3, -0.25) is 0 Å². The number of thioether (sulfide) groups is 1. The average molecular weight is 463 g/mol. The van der Waals surface area contributed by atoms with Crippen molar-refractivity contribution in [2.24, 2.45) is 0 Å². The monoisotopic (exact) mass is 462 g/mol. The quantitative estimate of drug-likeness (QED) is 0.212. The van der Waals surface area contributed by atoms with Crippen LogP contribution in [-0.4, -0.2) is 63.1 Å². The van der Waals surface area contributed by atoms with Crippen LogP contribution < -0.4 is 0 Å². The van der Waals surface area contributed by atoms with Crippen molar-refractivity contribution in [1.82, 2.24) is 0 Å². The number of hydrogen-bond donors (Lipinski definition) is 2. The third-order valence-electron chi connectivity index (χ3n) is 3.61. The summed E-state index contributed by atoms with van der Waals surface area (Å²) in [5.74, 6) is 0.452. The fourth-order valence-corrected chi connectivity index (χ4v) is 3.28. The minimum atomic E-state index is -4.55. The van der Waals surface area contributed by atoms with Crippen LogP contribution in [0.25, 0.3) is 0 Å². The summed E-state index contributed by atoms with van der Waals surface area (Å²) in [6.07, 6.45) is -3.20. The van der Waals surface area contributed by atoms with Gasteiger partial charge in [-0.25, -0.2) is 0 Å². The van der Waals surface area contributed by atoms with Gasteiger partial charge in [0, 0.05) is 4.90 Å². The zero-order valence-electron chi connectivity index (χ0n) is 14.4. The zero-order valence-corrected chi connectivity index (χ0v) is 16.2. The molecule has 0 bridgehead atoms. The number of aliphatic hydroxyl groups is 2. The Labute approximate surface area is 172 Å². The van der Waals surface area contributed by atoms with Crippen LogP contribution in [0.3, 0.4) is 0 Å². The fraction of sp³-hybridized carbons (Fsp3) is 0.389. The second kappa shape index (κ2) is 11.8. The fourth-order valence-electron chi connectivity index (χ4n) is 2.19. The number of aliphatic hydroxyl groups excluding tert-OH is 2. The van der Waals surface area contributed by atoms with Crippen molar-refractivity contribution in [1.29, 1.82) is 0 Å². The number of allylic oxidation sites excluding steroid dienone is 3. The molecule has 0 amide bonds. The van der Waals surface area contributed by atoms with Crippen LogP contribution in [0.4, 0.5) is 13.2 Å². The third-order valence-corrected chi connectivity index (χ3v) is 5.16. The van der Waals surface area contributed by atoms with Crippen molar-refractivity contribution in [2.75, 3.05) is 12.4 Å². The van der Waals surface area contributed by atoms with Crippen molar-refractivity contribution >= 4 is 16.3 Å². The summed E-state index contributed by atoms with van der Waals surface area (Å²) in [6.45, 7) is 0.0197. The minimum Gasteiger partial charge on any atom is -0.870 e. The van der Waals surface area contributed by atoms with E-state index in [1.165, 1.54) is 11.8 Å². The first-order valence-electron chi connectivity index (χ1n) is 7.92. The molecule has 3 N–H and O–H groups in total. The summed E-state index contributed by atoms with van der Waals surface area (Å²) in [5.41, 5.74) is 0. The topological polar surface area (TPSA) is 88.9 Å². The average Bonchev–Trinajstić information content (AvgIpc) is 2.64. The molecule has 4 atom stereocenters. The van der Waals surface area contributed by atoms with Crippen LogP contribution in [-0.2, 0) is 24.5 Å². The number of rotatable bonds is 7. The maximum absolute atomic E-state index is 12.2. The Morgan fingerprint density at radius 3 is 2.61 bits per heavy atom. The molecular weight excluding hydrogens is 444 g/mol. The van der Waals surface area contributed by atoms with Crippen LogP contribution in [0.15, 0.2) is 53.5 Å². The summed E-state index contributed by atoms with van der Waals surface area (Å²) in [7, 11) is 0. The summed E-state index contributed by atoms with van der Waals surface area (Å²) < 4.78 is 46.2. The van der Waals surface area contributed by atoms with E-state index in [9.17, 15) is 23.4 Å². The molecule has 0 radical (unpaired) electrons. The SMILES string of the molecule is O[C@@H]1[C@H](O)[C@@H](O[C-]=C/C=C\[C](=[Ni])C(F)(F)F)CO[C@@H]1CSc1ccccc1.[OH-]. The van der Waals surface area contributed by atoms with Gasteiger partial charge in [-0.05, 0) is 12.1 Å². The van der Waals surface area contributed by atoms with Gasteiger partial charge in [0.25, 0.3) is 0 Å². The van der Waals surface area contributed by atoms with Crippen molar-refractivity contribution in [3.8, 4) is 0 Å². The molecule has 2 rings (SSSR count). The van der Waals surface area contributed by atoms with Crippen LogP contribution >= 0.6 is 11.8 Å². The minimum absolute atomic E-state index is 0. The molecule has 1 aliphatic heterocycles. The first-order valence-corrected chi connectivity index (χ1v) is 9.40. The van der Waals surface area contributed by atoms with Crippen molar-refractivity contribution in [3.63, 3.8) is 0 Å². The molecule has 1 aliphatic rings. The Morgan fingerprint density at radius 1 is 1.29 bits per heavy atom. The molecule has 1 heterocycles. The first-order chi connectivity index (χ1) is 12.8. The Morgan fingerprint density at radius 2 is 1.96 bits per heavy atom. The van der Waals surface area contributed by atoms with Crippen molar-refractivity contribution in [2.45, 2.75) is 35.5 Å². The summed E-state index contributed by atoms with van der Waals surface area (Å²) >= 11 is 5.35. The van der Waals surface area contributed by atoms with Gasteiger partial charge in [-0.1, -0.05) is 18.2 Å². The molecule has 1 saturated heterocycles. The predicted octanol–water partition coefficient (Wildman–Crippen LogP) is 2.26. The van der Waals surface area contributed by atoms with E-state index in [1.54, 1.807) is 0 Å². The molecule has 160 valence electrons. The van der Waals surface area contributed by atoms with E-state index < -0.39 is 35.1 Å². The van der Waals surface area contributed by atoms with Crippen molar-refractivity contribution in [3.05, 3.63) is 54.8 Å². The van der Waals surface area contributed by atoms with E-state index in [-0.39, 0.29) is 12.1 Å². The number of ether oxygens (including phenoxy) is 2. The second-order valence-electron chi connectivity index (χ2n) is 5.59. The van der Waals surface area contributed by atoms with Gasteiger partial charge in [0.15, 0.2) is 0 Å². The van der Waals surface area contributed by atoms with E-state index >= 15 is 0 Å². The molecule has 0 unspecified atom stereocenters. The Hall–Kier alpha value is -1.16. The first kappa shape index (κ1) is 24.9. The summed E-state index contributed by atoms with van der Waals surface area (Å²) in [4.78, 5) is 1.02. The van der Waals surface area contributed by atoms with E-state index in [4.69, 9.17) is 9.47 Å². The van der Waals surface area contributed by atoms with Crippen LogP contribution in [0.5, 0.6) is 0 Å². The molecule has 0 spiro atoms. The number of benzene rings is 1. The molecule has 0 aliphatic carbocycles. The van der Waals surface area contributed by atoms with E-state index in [1.807, 2.05) is 30.3 Å². The van der Waals surface area contributed by atoms with E-state index in [0.717, 1.165) is 23.1 Å². The Balaban J connectivity index is 0.00000392. The molecule has 0 aromatic heterocycles. The van der Waals surface area contributed by atoms with Gasteiger partial charge in [0.2, 0.25) is 0 Å². The number of halogens is 3. The van der Waals surface area contributed by atoms with Crippen molar-refractivity contribution < 1.29 is 53.4 Å². The van der Waals surface area contributed by atoms with Gasteiger partial charge in [-0.15, -0.1) is 0 Å². The molecule has 1 aromatic carbocycles. The standard InChI is InChI=1S/C18H18F3O4S.Ni.H2O/c19-18(20,21)9-5-2-6-10-24-14-11-25-15(17(23)16(14)22)12-26-13-7-3-1-4-8-13;;/h1-8,14-17,22-23H,11-12H2;;1H2/q-1;;/p-1/b5-2-;;/t14-,15+,16+,17-;;/m0../s1. The number of alkyl halides is 3. The van der Waals surface area contributed by atoms with Gasteiger partial charge >= 0.3 is 132 Å². The Kier molecular flexibility index (Phi) is 10.4. The third kappa shape index (κ3) is 7.69.